The third kappa shape index (κ3) is 7.09. The highest BCUT2D eigenvalue weighted by molar-refractivity contribution is 5.88. The van der Waals surface area contributed by atoms with Gasteiger partial charge in [0, 0.05) is 24.7 Å². The van der Waals surface area contributed by atoms with Gasteiger partial charge in [-0.15, -0.1) is 0 Å². The van der Waals surface area contributed by atoms with Crippen LogP contribution in [0.25, 0.3) is 0 Å². The first-order valence-corrected chi connectivity index (χ1v) is 10.9. The van der Waals surface area contributed by atoms with E-state index >= 15 is 0 Å². The Hall–Kier alpha value is -3.82. The van der Waals surface area contributed by atoms with Crippen LogP contribution in [0.4, 0.5) is 5.69 Å². The number of carbonyl (C=O) groups is 2. The molecule has 2 aromatic carbocycles. The van der Waals surface area contributed by atoms with Gasteiger partial charge in [0.2, 0.25) is 11.7 Å². The van der Waals surface area contributed by atoms with E-state index in [1.807, 2.05) is 19.9 Å². The Labute approximate surface area is 198 Å². The molecule has 0 heterocycles. The van der Waals surface area contributed by atoms with Crippen molar-refractivity contribution in [2.75, 3.05) is 20.8 Å². The van der Waals surface area contributed by atoms with Gasteiger partial charge in [0.15, 0.2) is 6.61 Å². The molecule has 0 aliphatic heterocycles. The largest absolute Gasteiger partial charge is 0.497 e. The van der Waals surface area contributed by atoms with Gasteiger partial charge in [-0.3, -0.25) is 19.7 Å². The number of nitrogens with zero attached hydrogens (tertiary/aromatic N) is 2. The predicted octanol–water partition coefficient (Wildman–Crippen LogP) is 3.32. The molecule has 0 aliphatic carbocycles. The van der Waals surface area contributed by atoms with Gasteiger partial charge in [-0.2, -0.15) is 0 Å². The van der Waals surface area contributed by atoms with Gasteiger partial charge >= 0.3 is 5.69 Å². The molecule has 10 nitrogen and oxygen atoms in total. The Bertz CT molecular complexity index is 1010. The molecule has 184 valence electrons. The van der Waals surface area contributed by atoms with Crippen LogP contribution in [0, 0.1) is 10.1 Å². The molecular weight excluding hydrogens is 442 g/mol. The average molecular weight is 474 g/mol. The topological polar surface area (TPSA) is 120 Å². The summed E-state index contributed by atoms with van der Waals surface area (Å²) in [7, 11) is 2.86. The Morgan fingerprint density at radius 2 is 1.82 bits per heavy atom. The van der Waals surface area contributed by atoms with E-state index in [-0.39, 0.29) is 42.3 Å². The summed E-state index contributed by atoms with van der Waals surface area (Å²) < 4.78 is 15.9. The van der Waals surface area contributed by atoms with E-state index < -0.39 is 16.9 Å². The lowest BCUT2D eigenvalue weighted by Gasteiger charge is -2.29. The Morgan fingerprint density at radius 1 is 1.09 bits per heavy atom. The summed E-state index contributed by atoms with van der Waals surface area (Å²) in [6, 6.07) is 10.4. The van der Waals surface area contributed by atoms with Crippen LogP contribution in [0.15, 0.2) is 42.5 Å². The molecule has 2 atom stereocenters. The maximum absolute atomic E-state index is 13.2. The van der Waals surface area contributed by atoms with E-state index in [1.54, 1.807) is 32.2 Å². The van der Waals surface area contributed by atoms with E-state index in [2.05, 4.69) is 5.32 Å². The second-order valence-electron chi connectivity index (χ2n) is 7.75. The average Bonchev–Trinajstić information content (AvgIpc) is 2.84. The second-order valence-corrected chi connectivity index (χ2v) is 7.75. The molecule has 0 radical (unpaired) electrons. The first-order valence-electron chi connectivity index (χ1n) is 10.9. The number of nitrogens with one attached hydrogen (secondary N) is 1. The molecule has 34 heavy (non-hydrogen) atoms. The highest BCUT2D eigenvalue weighted by atomic mass is 16.6. The molecule has 0 unspecified atom stereocenters. The molecule has 2 aromatic rings. The molecular formula is C24H31N3O7. The Balaban J connectivity index is 2.22. The number of hydrogen-bond donors (Lipinski definition) is 1. The number of ether oxygens (including phenoxy) is 3. The van der Waals surface area contributed by atoms with Crippen LogP contribution in [0.5, 0.6) is 17.2 Å². The molecule has 2 rings (SSSR count). The van der Waals surface area contributed by atoms with Crippen molar-refractivity contribution in [3.05, 3.63) is 58.1 Å². The molecule has 2 amide bonds. The van der Waals surface area contributed by atoms with E-state index in [0.717, 1.165) is 12.0 Å². The predicted molar refractivity (Wildman–Crippen MR) is 126 cm³/mol. The molecule has 0 fully saturated rings. The van der Waals surface area contributed by atoms with Gasteiger partial charge < -0.3 is 24.4 Å². The molecule has 0 saturated heterocycles. The van der Waals surface area contributed by atoms with Crippen LogP contribution >= 0.6 is 0 Å². The SMILES string of the molecule is CC[C@@H](C)NC(=O)[C@@H](C)N(Cc1cccc(OC)c1)C(=O)COc1ccc([N+](=O)[O-])c(OC)c1. The summed E-state index contributed by atoms with van der Waals surface area (Å²) in [6.45, 7) is 5.31. The zero-order chi connectivity index (χ0) is 25.3. The van der Waals surface area contributed by atoms with Gasteiger partial charge in [-0.1, -0.05) is 19.1 Å². The molecule has 0 spiro atoms. The van der Waals surface area contributed by atoms with Crippen molar-refractivity contribution in [2.24, 2.45) is 0 Å². The van der Waals surface area contributed by atoms with Gasteiger partial charge in [-0.05, 0) is 44.0 Å². The first kappa shape index (κ1) is 26.4. The molecule has 0 aliphatic rings. The molecule has 1 N–H and O–H groups in total. The zero-order valence-electron chi connectivity index (χ0n) is 20.1. The highest BCUT2D eigenvalue weighted by Gasteiger charge is 2.27. The Kier molecular flexibility index (Phi) is 9.66. The number of amides is 2. The molecule has 0 bridgehead atoms. The number of benzene rings is 2. The third-order valence-electron chi connectivity index (χ3n) is 5.37. The summed E-state index contributed by atoms with van der Waals surface area (Å²) >= 11 is 0. The smallest absolute Gasteiger partial charge is 0.311 e. The minimum atomic E-state index is -0.761. The van der Waals surface area contributed by atoms with Gasteiger partial charge in [0.1, 0.15) is 17.5 Å². The van der Waals surface area contributed by atoms with Crippen molar-refractivity contribution >= 4 is 17.5 Å². The number of hydrogen-bond acceptors (Lipinski definition) is 7. The van der Waals surface area contributed by atoms with Crippen LogP contribution in [0.1, 0.15) is 32.8 Å². The van der Waals surface area contributed by atoms with E-state index in [1.165, 1.54) is 30.2 Å². The maximum Gasteiger partial charge on any atom is 0.311 e. The lowest BCUT2D eigenvalue weighted by Crippen LogP contribution is -2.50. The summed E-state index contributed by atoms with van der Waals surface area (Å²) in [5, 5.41) is 14.0. The lowest BCUT2D eigenvalue weighted by atomic mass is 10.1. The standard InChI is InChI=1S/C24H31N3O7/c1-6-16(2)25-24(29)17(3)26(14-18-8-7-9-19(12-18)32-4)23(28)15-34-20-10-11-21(27(30)31)22(13-20)33-5/h7-13,16-17H,6,14-15H2,1-5H3,(H,25,29)/t16-,17-/m1/s1. The van der Waals surface area contributed by atoms with Crippen LogP contribution in [-0.2, 0) is 16.1 Å². The van der Waals surface area contributed by atoms with Crippen LogP contribution in [-0.4, -0.2) is 54.5 Å². The van der Waals surface area contributed by atoms with E-state index in [0.29, 0.717) is 5.75 Å². The number of methoxy groups -OCH3 is 2. The van der Waals surface area contributed by atoms with Gasteiger partial charge in [0.05, 0.1) is 19.1 Å². The minimum absolute atomic E-state index is 0.0180. The fraction of sp³-hybridized carbons (Fsp3) is 0.417. The number of nitro benzene ring substituents is 1. The molecule has 0 saturated carbocycles. The fourth-order valence-corrected chi connectivity index (χ4v) is 3.14. The molecule has 10 heteroatoms. The van der Waals surface area contributed by atoms with Gasteiger partial charge in [0.25, 0.3) is 5.91 Å². The summed E-state index contributed by atoms with van der Waals surface area (Å²) in [6.07, 6.45) is 0.757. The lowest BCUT2D eigenvalue weighted by molar-refractivity contribution is -0.385. The number of nitro groups is 1. The van der Waals surface area contributed by atoms with Gasteiger partial charge in [-0.25, -0.2) is 0 Å². The van der Waals surface area contributed by atoms with Crippen molar-refractivity contribution in [1.82, 2.24) is 10.2 Å². The monoisotopic (exact) mass is 473 g/mol. The van der Waals surface area contributed by atoms with E-state index in [4.69, 9.17) is 14.2 Å². The van der Waals surface area contributed by atoms with Crippen molar-refractivity contribution in [2.45, 2.75) is 45.8 Å². The van der Waals surface area contributed by atoms with Crippen molar-refractivity contribution in [3.8, 4) is 17.2 Å². The minimum Gasteiger partial charge on any atom is -0.497 e. The normalized spacial score (nSPS) is 12.3. The third-order valence-corrected chi connectivity index (χ3v) is 5.37. The van der Waals surface area contributed by atoms with Crippen LogP contribution in [0.3, 0.4) is 0 Å². The quantitative estimate of drug-likeness (QED) is 0.371. The van der Waals surface area contributed by atoms with Crippen LogP contribution < -0.4 is 19.5 Å². The Morgan fingerprint density at radius 3 is 2.44 bits per heavy atom. The summed E-state index contributed by atoms with van der Waals surface area (Å²) in [4.78, 5) is 37.9. The first-order chi connectivity index (χ1) is 16.2. The van der Waals surface area contributed by atoms with E-state index in [9.17, 15) is 19.7 Å². The highest BCUT2D eigenvalue weighted by Crippen LogP contribution is 2.30. The van der Waals surface area contributed by atoms with Crippen LogP contribution in [0.2, 0.25) is 0 Å². The summed E-state index contributed by atoms with van der Waals surface area (Å²) in [5.41, 5.74) is 0.573. The maximum atomic E-state index is 13.2. The summed E-state index contributed by atoms with van der Waals surface area (Å²) in [5.74, 6) is 0.184. The second kappa shape index (κ2) is 12.4. The van der Waals surface area contributed by atoms with Crippen molar-refractivity contribution < 1.29 is 28.7 Å². The number of carbonyl (C=O) groups excluding carboxylic acids is 2. The fourth-order valence-electron chi connectivity index (χ4n) is 3.14. The van der Waals surface area contributed by atoms with Crippen molar-refractivity contribution in [1.29, 1.82) is 0 Å². The zero-order valence-corrected chi connectivity index (χ0v) is 20.1. The molecule has 0 aromatic heterocycles. The van der Waals surface area contributed by atoms with Crippen molar-refractivity contribution in [3.63, 3.8) is 0 Å². The number of rotatable bonds is 12.